The van der Waals surface area contributed by atoms with Gasteiger partial charge in [-0.15, -0.1) is 0 Å². The molecule has 0 radical (unpaired) electrons. The van der Waals surface area contributed by atoms with E-state index in [4.69, 9.17) is 11.6 Å². The first-order valence-electron chi connectivity index (χ1n) is 5.66. The van der Waals surface area contributed by atoms with Crippen LogP contribution in [-0.4, -0.2) is 23.0 Å². The third-order valence-electron chi connectivity index (χ3n) is 3.15. The van der Waals surface area contributed by atoms with Crippen molar-refractivity contribution in [2.45, 2.75) is 32.2 Å². The van der Waals surface area contributed by atoms with Gasteiger partial charge in [-0.3, -0.25) is 4.90 Å². The molecule has 1 fully saturated rings. The zero-order chi connectivity index (χ0) is 10.7. The molecule has 0 saturated carbocycles. The molecule has 3 heteroatoms. The molecule has 1 aliphatic rings. The van der Waals surface area contributed by atoms with Crippen LogP contribution in [0.2, 0.25) is 5.15 Å². The van der Waals surface area contributed by atoms with Crippen LogP contribution in [0, 0.1) is 0 Å². The average Bonchev–Trinajstić information content (AvgIpc) is 2.30. The quantitative estimate of drug-likeness (QED) is 0.717. The lowest BCUT2D eigenvalue weighted by Gasteiger charge is -2.34. The minimum Gasteiger partial charge on any atom is -0.297 e. The summed E-state index contributed by atoms with van der Waals surface area (Å²) in [5.74, 6) is 0. The van der Waals surface area contributed by atoms with Crippen LogP contribution in [-0.2, 0) is 0 Å². The van der Waals surface area contributed by atoms with Crippen LogP contribution in [0.5, 0.6) is 0 Å². The Morgan fingerprint density at radius 3 is 3.00 bits per heavy atom. The van der Waals surface area contributed by atoms with E-state index in [9.17, 15) is 0 Å². The minimum absolute atomic E-state index is 0.550. The van der Waals surface area contributed by atoms with E-state index in [0.717, 1.165) is 6.54 Å². The molecule has 82 valence electrons. The molecule has 0 spiro atoms. The maximum atomic E-state index is 5.80. The summed E-state index contributed by atoms with van der Waals surface area (Å²) in [6, 6.07) is 4.54. The molecule has 1 aliphatic heterocycles. The van der Waals surface area contributed by atoms with Crippen LogP contribution >= 0.6 is 11.6 Å². The van der Waals surface area contributed by atoms with E-state index < -0.39 is 0 Å². The number of pyridine rings is 1. The smallest absolute Gasteiger partial charge is 0.129 e. The number of hydrogen-bond donors (Lipinski definition) is 0. The van der Waals surface area contributed by atoms with Gasteiger partial charge >= 0.3 is 0 Å². The molecule has 1 atom stereocenters. The first kappa shape index (κ1) is 10.9. The largest absolute Gasteiger partial charge is 0.297 e. The fourth-order valence-electron chi connectivity index (χ4n) is 2.33. The summed E-state index contributed by atoms with van der Waals surface area (Å²) < 4.78 is 0. The Labute approximate surface area is 96.3 Å². The molecular weight excluding hydrogens is 208 g/mol. The highest BCUT2D eigenvalue weighted by atomic mass is 35.5. The van der Waals surface area contributed by atoms with Gasteiger partial charge in [0.05, 0.1) is 0 Å². The SMILES string of the molecule is CCN1CCCCC1c1ccc(Cl)nc1. The third-order valence-corrected chi connectivity index (χ3v) is 3.38. The van der Waals surface area contributed by atoms with Gasteiger partial charge in [0.1, 0.15) is 5.15 Å². The van der Waals surface area contributed by atoms with E-state index >= 15 is 0 Å². The molecule has 1 saturated heterocycles. The number of likely N-dealkylation sites (tertiary alicyclic amines) is 1. The maximum absolute atomic E-state index is 5.80. The van der Waals surface area contributed by atoms with Crippen molar-refractivity contribution in [2.75, 3.05) is 13.1 Å². The molecule has 0 aliphatic carbocycles. The van der Waals surface area contributed by atoms with Crippen molar-refractivity contribution in [3.8, 4) is 0 Å². The van der Waals surface area contributed by atoms with Gasteiger partial charge in [-0.1, -0.05) is 31.0 Å². The highest BCUT2D eigenvalue weighted by Crippen LogP contribution is 2.30. The molecule has 0 bridgehead atoms. The summed E-state index contributed by atoms with van der Waals surface area (Å²) in [5, 5.41) is 0.581. The predicted molar refractivity (Wildman–Crippen MR) is 63.1 cm³/mol. The number of aromatic nitrogens is 1. The van der Waals surface area contributed by atoms with Gasteiger partial charge in [0.2, 0.25) is 0 Å². The Kier molecular flexibility index (Phi) is 3.60. The van der Waals surface area contributed by atoms with Crippen LogP contribution in [0.4, 0.5) is 0 Å². The lowest BCUT2D eigenvalue weighted by atomic mass is 9.96. The van der Waals surface area contributed by atoms with Crippen LogP contribution in [0.1, 0.15) is 37.8 Å². The van der Waals surface area contributed by atoms with Gasteiger partial charge in [0, 0.05) is 12.2 Å². The van der Waals surface area contributed by atoms with Crippen molar-refractivity contribution >= 4 is 11.6 Å². The van der Waals surface area contributed by atoms with Gasteiger partial charge < -0.3 is 0 Å². The molecule has 0 aromatic carbocycles. The van der Waals surface area contributed by atoms with Crippen LogP contribution in [0.3, 0.4) is 0 Å². The first-order valence-corrected chi connectivity index (χ1v) is 6.04. The molecule has 0 N–H and O–H groups in total. The minimum atomic E-state index is 0.550. The number of piperidine rings is 1. The van der Waals surface area contributed by atoms with E-state index in [-0.39, 0.29) is 0 Å². The van der Waals surface area contributed by atoms with E-state index in [1.165, 1.54) is 31.4 Å². The zero-order valence-corrected chi connectivity index (χ0v) is 9.87. The normalized spacial score (nSPS) is 22.9. The van der Waals surface area contributed by atoms with Crippen molar-refractivity contribution in [1.29, 1.82) is 0 Å². The van der Waals surface area contributed by atoms with E-state index in [1.807, 2.05) is 12.3 Å². The van der Waals surface area contributed by atoms with Crippen molar-refractivity contribution in [3.63, 3.8) is 0 Å². The van der Waals surface area contributed by atoms with Crippen molar-refractivity contribution in [1.82, 2.24) is 9.88 Å². The summed E-state index contributed by atoms with van der Waals surface area (Å²) in [7, 11) is 0. The molecule has 15 heavy (non-hydrogen) atoms. The second-order valence-corrected chi connectivity index (χ2v) is 4.44. The zero-order valence-electron chi connectivity index (χ0n) is 9.12. The Morgan fingerprint density at radius 1 is 1.47 bits per heavy atom. The number of nitrogens with zero attached hydrogens (tertiary/aromatic N) is 2. The molecule has 2 rings (SSSR count). The second-order valence-electron chi connectivity index (χ2n) is 4.05. The number of hydrogen-bond acceptors (Lipinski definition) is 2. The molecule has 2 nitrogen and oxygen atoms in total. The summed E-state index contributed by atoms with van der Waals surface area (Å²) >= 11 is 5.80. The fourth-order valence-corrected chi connectivity index (χ4v) is 2.44. The number of halogens is 1. The Bertz CT molecular complexity index is 310. The Balaban J connectivity index is 2.16. The summed E-state index contributed by atoms with van der Waals surface area (Å²) in [5.41, 5.74) is 1.31. The van der Waals surface area contributed by atoms with Crippen molar-refractivity contribution < 1.29 is 0 Å². The maximum Gasteiger partial charge on any atom is 0.129 e. The number of rotatable bonds is 2. The van der Waals surface area contributed by atoms with Gasteiger partial charge in [-0.05, 0) is 37.6 Å². The predicted octanol–water partition coefficient (Wildman–Crippen LogP) is 3.28. The Hall–Kier alpha value is -0.600. The van der Waals surface area contributed by atoms with Crippen molar-refractivity contribution in [3.05, 3.63) is 29.0 Å². The summed E-state index contributed by atoms with van der Waals surface area (Å²) in [4.78, 5) is 6.68. The first-order chi connectivity index (χ1) is 7.31. The van der Waals surface area contributed by atoms with Crippen LogP contribution < -0.4 is 0 Å². The van der Waals surface area contributed by atoms with Crippen molar-refractivity contribution in [2.24, 2.45) is 0 Å². The Morgan fingerprint density at radius 2 is 2.33 bits per heavy atom. The third kappa shape index (κ3) is 2.50. The standard InChI is InChI=1S/C12H17ClN2/c1-2-15-8-4-3-5-11(15)10-6-7-12(13)14-9-10/h6-7,9,11H,2-5,8H2,1H3. The van der Waals surface area contributed by atoms with Gasteiger partial charge in [0.25, 0.3) is 0 Å². The van der Waals surface area contributed by atoms with Crippen LogP contribution in [0.25, 0.3) is 0 Å². The highest BCUT2D eigenvalue weighted by Gasteiger charge is 2.22. The molecule has 1 unspecified atom stereocenters. The lowest BCUT2D eigenvalue weighted by Crippen LogP contribution is -2.33. The van der Waals surface area contributed by atoms with E-state index in [2.05, 4.69) is 22.9 Å². The second kappa shape index (κ2) is 4.95. The molecular formula is C12H17ClN2. The average molecular weight is 225 g/mol. The topological polar surface area (TPSA) is 16.1 Å². The molecule has 1 aromatic rings. The highest BCUT2D eigenvalue weighted by molar-refractivity contribution is 6.29. The summed E-state index contributed by atoms with van der Waals surface area (Å²) in [6.45, 7) is 4.55. The van der Waals surface area contributed by atoms with E-state index in [0.29, 0.717) is 11.2 Å². The monoisotopic (exact) mass is 224 g/mol. The fraction of sp³-hybridized carbons (Fsp3) is 0.583. The lowest BCUT2D eigenvalue weighted by molar-refractivity contribution is 0.157. The van der Waals surface area contributed by atoms with Crippen LogP contribution in [0.15, 0.2) is 18.3 Å². The molecule has 1 aromatic heterocycles. The summed E-state index contributed by atoms with van der Waals surface area (Å²) in [6.07, 6.45) is 5.81. The van der Waals surface area contributed by atoms with Gasteiger partial charge in [0.15, 0.2) is 0 Å². The van der Waals surface area contributed by atoms with Gasteiger partial charge in [-0.25, -0.2) is 4.98 Å². The molecule has 0 amide bonds. The van der Waals surface area contributed by atoms with Gasteiger partial charge in [-0.2, -0.15) is 0 Å². The molecule has 2 heterocycles. The van der Waals surface area contributed by atoms with E-state index in [1.54, 1.807) is 0 Å².